The Balaban J connectivity index is 1.52. The van der Waals surface area contributed by atoms with Crippen LogP contribution in [-0.2, 0) is 4.74 Å². The fourth-order valence-corrected chi connectivity index (χ4v) is 4.28. The van der Waals surface area contributed by atoms with Gasteiger partial charge in [-0.1, -0.05) is 19.3 Å². The molecule has 0 radical (unpaired) electrons. The fourth-order valence-electron chi connectivity index (χ4n) is 3.29. The maximum atomic E-state index is 6.18. The van der Waals surface area contributed by atoms with Crippen LogP contribution in [0.15, 0.2) is 24.0 Å². The van der Waals surface area contributed by atoms with Crippen LogP contribution >= 0.6 is 11.3 Å². The normalized spacial score (nSPS) is 22.4. The zero-order chi connectivity index (χ0) is 12.7. The second-order valence-corrected chi connectivity index (χ2v) is 6.44. The van der Waals surface area contributed by atoms with Gasteiger partial charge in [-0.2, -0.15) is 0 Å². The molecule has 100 valence electrons. The highest BCUT2D eigenvalue weighted by Gasteiger charge is 2.30. The summed E-state index contributed by atoms with van der Waals surface area (Å²) in [5.41, 5.74) is 2.59. The number of thiophene rings is 1. The van der Waals surface area contributed by atoms with Crippen LogP contribution in [0.25, 0.3) is 11.3 Å². The van der Waals surface area contributed by atoms with Crippen molar-refractivity contribution in [3.8, 4) is 11.3 Å². The Hall–Kier alpha value is -1.13. The summed E-state index contributed by atoms with van der Waals surface area (Å²) in [4.78, 5) is 5.72. The molecule has 0 N–H and O–H groups in total. The van der Waals surface area contributed by atoms with Gasteiger partial charge in [0, 0.05) is 10.4 Å². The Kier molecular flexibility index (Phi) is 2.93. The first-order valence-electron chi connectivity index (χ1n) is 7.14. The highest BCUT2D eigenvalue weighted by Crippen LogP contribution is 2.42. The summed E-state index contributed by atoms with van der Waals surface area (Å²) in [5, 5.41) is 2.18. The van der Waals surface area contributed by atoms with Crippen LogP contribution < -0.4 is 0 Å². The Morgan fingerprint density at radius 2 is 2.21 bits per heavy atom. The quantitative estimate of drug-likeness (QED) is 0.849. The van der Waals surface area contributed by atoms with E-state index in [2.05, 4.69) is 21.0 Å². The molecule has 1 aliphatic carbocycles. The summed E-state index contributed by atoms with van der Waals surface area (Å²) in [6.45, 7) is 0.793. The molecule has 0 amide bonds. The molecular formula is C15H18N2OS. The van der Waals surface area contributed by atoms with E-state index in [0.717, 1.165) is 6.61 Å². The van der Waals surface area contributed by atoms with Crippen molar-refractivity contribution in [2.24, 2.45) is 0 Å². The van der Waals surface area contributed by atoms with E-state index in [0.29, 0.717) is 12.1 Å². The van der Waals surface area contributed by atoms with Crippen LogP contribution in [-0.4, -0.2) is 22.3 Å². The summed E-state index contributed by atoms with van der Waals surface area (Å²) >= 11 is 1.84. The Bertz CT molecular complexity index is 528. The summed E-state index contributed by atoms with van der Waals surface area (Å²) in [6, 6.07) is 2.54. The van der Waals surface area contributed by atoms with Crippen molar-refractivity contribution in [3.63, 3.8) is 0 Å². The van der Waals surface area contributed by atoms with Crippen LogP contribution in [0.4, 0.5) is 0 Å². The van der Waals surface area contributed by atoms with Crippen molar-refractivity contribution in [3.05, 3.63) is 28.8 Å². The van der Waals surface area contributed by atoms with Gasteiger partial charge in [-0.3, -0.25) is 0 Å². The van der Waals surface area contributed by atoms with Crippen molar-refractivity contribution in [2.45, 2.75) is 44.2 Å². The molecule has 2 aliphatic rings. The number of nitrogens with zero attached hydrogens (tertiary/aromatic N) is 2. The van der Waals surface area contributed by atoms with Crippen molar-refractivity contribution >= 4 is 11.3 Å². The molecule has 1 atom stereocenters. The second kappa shape index (κ2) is 4.76. The lowest BCUT2D eigenvalue weighted by molar-refractivity contribution is 0.0176. The smallest absolute Gasteiger partial charge is 0.0957 e. The SMILES string of the molecule is c1cc2c(s1)C(COC1CCCCC1)n1cncc1-2. The number of ether oxygens (including phenoxy) is 1. The van der Waals surface area contributed by atoms with Gasteiger partial charge in [0.25, 0.3) is 0 Å². The van der Waals surface area contributed by atoms with Crippen molar-refractivity contribution in [1.29, 1.82) is 0 Å². The number of fused-ring (bicyclic) bond motifs is 3. The molecule has 1 aliphatic heterocycles. The molecule has 2 aromatic heterocycles. The molecule has 0 saturated heterocycles. The average Bonchev–Trinajstić information content (AvgIpc) is 3.11. The van der Waals surface area contributed by atoms with Gasteiger partial charge in [0.1, 0.15) is 0 Å². The van der Waals surface area contributed by atoms with Gasteiger partial charge >= 0.3 is 0 Å². The van der Waals surface area contributed by atoms with Crippen LogP contribution in [0.1, 0.15) is 43.0 Å². The zero-order valence-corrected chi connectivity index (χ0v) is 11.7. The van der Waals surface area contributed by atoms with Gasteiger partial charge in [-0.05, 0) is 24.3 Å². The predicted molar refractivity (Wildman–Crippen MR) is 76.5 cm³/mol. The molecule has 4 heteroatoms. The van der Waals surface area contributed by atoms with Crippen LogP contribution in [0, 0.1) is 0 Å². The lowest BCUT2D eigenvalue weighted by Gasteiger charge is -2.24. The van der Waals surface area contributed by atoms with E-state index in [-0.39, 0.29) is 0 Å². The first-order chi connectivity index (χ1) is 9.43. The molecule has 0 spiro atoms. The highest BCUT2D eigenvalue weighted by atomic mass is 32.1. The zero-order valence-electron chi connectivity index (χ0n) is 10.9. The van der Waals surface area contributed by atoms with Crippen molar-refractivity contribution in [1.82, 2.24) is 9.55 Å². The standard InChI is InChI=1S/C15H18N2OS/c1-2-4-11(5-3-1)18-9-14-15-12(6-7-19-15)13-8-16-10-17(13)14/h6-8,10-11,14H,1-5,9H2. The fraction of sp³-hybridized carbons (Fsp3) is 0.533. The third-order valence-electron chi connectivity index (χ3n) is 4.32. The number of hydrogen-bond acceptors (Lipinski definition) is 3. The van der Waals surface area contributed by atoms with Gasteiger partial charge in [0.05, 0.1) is 37.0 Å². The minimum absolute atomic E-state index is 0.342. The summed E-state index contributed by atoms with van der Waals surface area (Å²) in [7, 11) is 0. The molecule has 3 heterocycles. The van der Waals surface area contributed by atoms with Gasteiger partial charge in [-0.25, -0.2) is 4.98 Å². The van der Waals surface area contributed by atoms with Crippen LogP contribution in [0.3, 0.4) is 0 Å². The Morgan fingerprint density at radius 1 is 1.32 bits per heavy atom. The molecule has 0 bridgehead atoms. The second-order valence-electron chi connectivity index (χ2n) is 5.49. The molecule has 0 aromatic carbocycles. The Labute approximate surface area is 117 Å². The topological polar surface area (TPSA) is 27.1 Å². The number of imidazole rings is 1. The third kappa shape index (κ3) is 1.94. The largest absolute Gasteiger partial charge is 0.376 e. The van der Waals surface area contributed by atoms with E-state index in [1.807, 2.05) is 23.9 Å². The van der Waals surface area contributed by atoms with Crippen LogP contribution in [0.2, 0.25) is 0 Å². The summed E-state index contributed by atoms with van der Waals surface area (Å²) in [6.07, 6.45) is 10.9. The molecule has 19 heavy (non-hydrogen) atoms. The van der Waals surface area contributed by atoms with Gasteiger partial charge in [0.15, 0.2) is 0 Å². The van der Waals surface area contributed by atoms with E-state index in [4.69, 9.17) is 4.74 Å². The van der Waals surface area contributed by atoms with Crippen LogP contribution in [0.5, 0.6) is 0 Å². The van der Waals surface area contributed by atoms with Gasteiger partial charge in [0.2, 0.25) is 0 Å². The molecule has 3 nitrogen and oxygen atoms in total. The molecule has 2 aromatic rings. The molecular weight excluding hydrogens is 256 g/mol. The van der Waals surface area contributed by atoms with E-state index >= 15 is 0 Å². The van der Waals surface area contributed by atoms with E-state index in [9.17, 15) is 0 Å². The maximum absolute atomic E-state index is 6.18. The van der Waals surface area contributed by atoms with Crippen molar-refractivity contribution in [2.75, 3.05) is 6.61 Å². The number of aromatic nitrogens is 2. The number of hydrogen-bond donors (Lipinski definition) is 0. The lowest BCUT2D eigenvalue weighted by atomic mass is 9.98. The van der Waals surface area contributed by atoms with Gasteiger partial charge in [-0.15, -0.1) is 11.3 Å². The lowest BCUT2D eigenvalue weighted by Crippen LogP contribution is -2.21. The molecule has 1 unspecified atom stereocenters. The molecule has 1 saturated carbocycles. The molecule has 1 fully saturated rings. The van der Waals surface area contributed by atoms with E-state index < -0.39 is 0 Å². The van der Waals surface area contributed by atoms with E-state index in [1.54, 1.807) is 0 Å². The predicted octanol–water partition coefficient (Wildman–Crippen LogP) is 3.86. The first kappa shape index (κ1) is 11.7. The van der Waals surface area contributed by atoms with Gasteiger partial charge < -0.3 is 9.30 Å². The summed E-state index contributed by atoms with van der Waals surface area (Å²) in [5.74, 6) is 0. The minimum atomic E-state index is 0.342. The Morgan fingerprint density at radius 3 is 3.11 bits per heavy atom. The monoisotopic (exact) mass is 274 g/mol. The first-order valence-corrected chi connectivity index (χ1v) is 8.02. The average molecular weight is 274 g/mol. The molecule has 4 rings (SSSR count). The maximum Gasteiger partial charge on any atom is 0.0957 e. The number of rotatable bonds is 3. The summed E-state index contributed by atoms with van der Waals surface area (Å²) < 4.78 is 8.45. The third-order valence-corrected chi connectivity index (χ3v) is 5.34. The highest BCUT2D eigenvalue weighted by molar-refractivity contribution is 7.10. The van der Waals surface area contributed by atoms with E-state index in [1.165, 1.54) is 48.2 Å². The minimum Gasteiger partial charge on any atom is -0.376 e. The van der Waals surface area contributed by atoms with Crippen molar-refractivity contribution < 1.29 is 4.74 Å².